The second-order valence-corrected chi connectivity index (χ2v) is 10.9. The molecule has 3 aliphatic rings. The summed E-state index contributed by atoms with van der Waals surface area (Å²) in [6.07, 6.45) is 6.22. The van der Waals surface area contributed by atoms with E-state index in [0.29, 0.717) is 31.9 Å². The van der Waals surface area contributed by atoms with Crippen LogP contribution in [0.15, 0.2) is 18.5 Å². The van der Waals surface area contributed by atoms with Gasteiger partial charge in [-0.05, 0) is 58.6 Å². The second-order valence-electron chi connectivity index (χ2n) is 10.9. The lowest BCUT2D eigenvalue weighted by Gasteiger charge is -2.39. The molecule has 1 spiro atoms. The highest BCUT2D eigenvalue weighted by Crippen LogP contribution is 2.42. The van der Waals surface area contributed by atoms with Gasteiger partial charge in [0.25, 0.3) is 0 Å². The van der Waals surface area contributed by atoms with Gasteiger partial charge in [-0.3, -0.25) is 15.0 Å². The van der Waals surface area contributed by atoms with Crippen molar-refractivity contribution < 1.29 is 23.9 Å². The van der Waals surface area contributed by atoms with Crippen LogP contribution in [0.3, 0.4) is 0 Å². The molecule has 0 aliphatic carbocycles. The van der Waals surface area contributed by atoms with Crippen LogP contribution in [-0.2, 0) is 14.3 Å². The van der Waals surface area contributed by atoms with Crippen molar-refractivity contribution in [2.75, 3.05) is 31.1 Å². The Labute approximate surface area is 204 Å². The molecule has 188 valence electrons. The Morgan fingerprint density at radius 1 is 1.23 bits per heavy atom. The molecule has 4 amide bonds. The lowest BCUT2D eigenvalue weighted by molar-refractivity contribution is -0.120. The summed E-state index contributed by atoms with van der Waals surface area (Å²) in [6.45, 7) is 9.85. The monoisotopic (exact) mass is 483 g/mol. The standard InChI is InChI=1S/C25H33N5O5/c1-16-14-30(21-19(16)11-17(13-26-21)29-8-5-20(31)27-22(29)32)18-12-25(34-15-18)6-9-28(10-7-25)23(33)35-24(2,3)4/h11,13-14,18H,5-10,12,15H2,1-4H3,(H,27,31,32)/t18-/m1/s1. The van der Waals surface area contributed by atoms with Gasteiger partial charge in [-0.25, -0.2) is 14.6 Å². The van der Waals surface area contributed by atoms with Gasteiger partial charge < -0.3 is 18.9 Å². The van der Waals surface area contributed by atoms with E-state index in [9.17, 15) is 14.4 Å². The van der Waals surface area contributed by atoms with Crippen LogP contribution in [0, 0.1) is 6.92 Å². The van der Waals surface area contributed by atoms with Gasteiger partial charge in [0.1, 0.15) is 11.2 Å². The molecule has 0 radical (unpaired) electrons. The summed E-state index contributed by atoms with van der Waals surface area (Å²) in [4.78, 5) is 44.2. The van der Waals surface area contributed by atoms with Crippen molar-refractivity contribution in [1.29, 1.82) is 0 Å². The van der Waals surface area contributed by atoms with Crippen molar-refractivity contribution in [1.82, 2.24) is 19.8 Å². The Morgan fingerprint density at radius 2 is 1.97 bits per heavy atom. The summed E-state index contributed by atoms with van der Waals surface area (Å²) >= 11 is 0. The normalized spacial score (nSPS) is 22.7. The first kappa shape index (κ1) is 23.6. The number of carbonyl (C=O) groups is 3. The smallest absolute Gasteiger partial charge is 0.410 e. The quantitative estimate of drug-likeness (QED) is 0.701. The number of hydrogen-bond donors (Lipinski definition) is 1. The van der Waals surface area contributed by atoms with Crippen molar-refractivity contribution >= 4 is 34.8 Å². The first-order chi connectivity index (χ1) is 16.5. The molecule has 3 fully saturated rings. The van der Waals surface area contributed by atoms with Crippen LogP contribution in [0.5, 0.6) is 0 Å². The molecule has 35 heavy (non-hydrogen) atoms. The van der Waals surface area contributed by atoms with Crippen LogP contribution in [0.1, 0.15) is 58.1 Å². The first-order valence-electron chi connectivity index (χ1n) is 12.2. The van der Waals surface area contributed by atoms with E-state index < -0.39 is 11.6 Å². The maximum atomic E-state index is 12.4. The highest BCUT2D eigenvalue weighted by atomic mass is 16.6. The lowest BCUT2D eigenvalue weighted by atomic mass is 9.87. The maximum Gasteiger partial charge on any atom is 0.410 e. The molecule has 2 aromatic rings. The Morgan fingerprint density at radius 3 is 2.66 bits per heavy atom. The number of imide groups is 1. The van der Waals surface area contributed by atoms with E-state index >= 15 is 0 Å². The molecule has 3 aliphatic heterocycles. The van der Waals surface area contributed by atoms with Gasteiger partial charge in [-0.15, -0.1) is 0 Å². The van der Waals surface area contributed by atoms with Gasteiger partial charge in [-0.2, -0.15) is 0 Å². The zero-order chi connectivity index (χ0) is 25.0. The van der Waals surface area contributed by atoms with Crippen LogP contribution in [0.2, 0.25) is 0 Å². The van der Waals surface area contributed by atoms with Gasteiger partial charge in [0, 0.05) is 37.6 Å². The molecule has 0 bridgehead atoms. The third-order valence-corrected chi connectivity index (χ3v) is 7.13. The number of aryl methyl sites for hydroxylation is 1. The van der Waals surface area contributed by atoms with E-state index in [2.05, 4.69) is 16.1 Å². The molecule has 1 N–H and O–H groups in total. The van der Waals surface area contributed by atoms with Crippen LogP contribution in [-0.4, -0.2) is 69.9 Å². The summed E-state index contributed by atoms with van der Waals surface area (Å²) in [7, 11) is 0. The lowest BCUT2D eigenvalue weighted by Crippen LogP contribution is -2.49. The van der Waals surface area contributed by atoms with E-state index in [1.165, 1.54) is 0 Å². The highest BCUT2D eigenvalue weighted by Gasteiger charge is 2.45. The molecule has 10 nitrogen and oxygen atoms in total. The number of hydrogen-bond acceptors (Lipinski definition) is 6. The van der Waals surface area contributed by atoms with Crippen LogP contribution in [0.4, 0.5) is 15.3 Å². The average Bonchev–Trinajstić information content (AvgIpc) is 3.34. The number of pyridine rings is 1. The zero-order valence-corrected chi connectivity index (χ0v) is 20.8. The minimum atomic E-state index is -0.503. The number of amides is 4. The van der Waals surface area contributed by atoms with Gasteiger partial charge in [0.05, 0.1) is 30.1 Å². The number of piperidine rings is 1. The summed E-state index contributed by atoms with van der Waals surface area (Å²) in [5.41, 5.74) is 1.86. The number of carbonyl (C=O) groups excluding carboxylic acids is 3. The molecule has 10 heteroatoms. The number of likely N-dealkylation sites (tertiary alicyclic amines) is 1. The number of fused-ring (bicyclic) bond motifs is 1. The van der Waals surface area contributed by atoms with Crippen LogP contribution < -0.4 is 10.2 Å². The van der Waals surface area contributed by atoms with E-state index in [1.54, 1.807) is 16.0 Å². The zero-order valence-electron chi connectivity index (χ0n) is 20.8. The van der Waals surface area contributed by atoms with E-state index in [0.717, 1.165) is 35.9 Å². The predicted molar refractivity (Wildman–Crippen MR) is 129 cm³/mol. The number of rotatable bonds is 2. The topological polar surface area (TPSA) is 106 Å². The number of ether oxygens (including phenoxy) is 2. The molecule has 5 rings (SSSR count). The molecular weight excluding hydrogens is 450 g/mol. The first-order valence-corrected chi connectivity index (χ1v) is 12.2. The van der Waals surface area contributed by atoms with E-state index in [1.807, 2.05) is 33.8 Å². The van der Waals surface area contributed by atoms with Crippen molar-refractivity contribution in [3.8, 4) is 0 Å². The fraction of sp³-hybridized carbons (Fsp3) is 0.600. The summed E-state index contributed by atoms with van der Waals surface area (Å²) in [5.74, 6) is -0.255. The number of anilines is 1. The molecule has 1 atom stereocenters. The highest BCUT2D eigenvalue weighted by molar-refractivity contribution is 6.06. The van der Waals surface area contributed by atoms with Crippen LogP contribution >= 0.6 is 0 Å². The van der Waals surface area contributed by atoms with Crippen molar-refractivity contribution in [2.45, 2.75) is 70.6 Å². The molecule has 2 aromatic heterocycles. The Bertz CT molecular complexity index is 1170. The largest absolute Gasteiger partial charge is 0.444 e. The molecule has 0 unspecified atom stereocenters. The molecule has 0 saturated carbocycles. The molecule has 5 heterocycles. The number of nitrogens with zero attached hydrogens (tertiary/aromatic N) is 4. The maximum absolute atomic E-state index is 12.4. The summed E-state index contributed by atoms with van der Waals surface area (Å²) in [5, 5.41) is 3.34. The van der Waals surface area contributed by atoms with Gasteiger partial charge >= 0.3 is 12.1 Å². The van der Waals surface area contributed by atoms with Gasteiger partial charge in [-0.1, -0.05) is 0 Å². The average molecular weight is 484 g/mol. The molecular formula is C25H33N5O5. The fourth-order valence-electron chi connectivity index (χ4n) is 5.29. The SMILES string of the molecule is Cc1cn([C@H]2COC3(CCN(C(=O)OC(C)(C)C)CC3)C2)c2ncc(N3CCC(=O)NC3=O)cc12. The second kappa shape index (κ2) is 8.51. The summed E-state index contributed by atoms with van der Waals surface area (Å²) < 4.78 is 14.1. The Hall–Kier alpha value is -3.14. The third kappa shape index (κ3) is 4.59. The Kier molecular flexibility index (Phi) is 5.74. The predicted octanol–water partition coefficient (Wildman–Crippen LogP) is 3.52. The van der Waals surface area contributed by atoms with Crippen molar-refractivity contribution in [3.63, 3.8) is 0 Å². The number of urea groups is 1. The van der Waals surface area contributed by atoms with E-state index in [-0.39, 0.29) is 30.1 Å². The van der Waals surface area contributed by atoms with Gasteiger partial charge in [0.2, 0.25) is 5.91 Å². The van der Waals surface area contributed by atoms with Crippen molar-refractivity contribution in [3.05, 3.63) is 24.0 Å². The summed E-state index contributed by atoms with van der Waals surface area (Å²) in [6, 6.07) is 1.70. The molecule has 0 aromatic carbocycles. The van der Waals surface area contributed by atoms with Crippen LogP contribution in [0.25, 0.3) is 11.0 Å². The fourth-order valence-corrected chi connectivity index (χ4v) is 5.29. The molecule has 3 saturated heterocycles. The third-order valence-electron chi connectivity index (χ3n) is 7.13. The van der Waals surface area contributed by atoms with E-state index in [4.69, 9.17) is 14.5 Å². The minimum absolute atomic E-state index is 0.147. The van der Waals surface area contributed by atoms with Crippen molar-refractivity contribution in [2.24, 2.45) is 0 Å². The van der Waals surface area contributed by atoms with Gasteiger partial charge in [0.15, 0.2) is 0 Å². The Balaban J connectivity index is 1.29. The number of aromatic nitrogens is 2. The minimum Gasteiger partial charge on any atom is -0.444 e. The number of nitrogens with one attached hydrogen (secondary N) is 1.